The first kappa shape index (κ1) is 27.7. The van der Waals surface area contributed by atoms with E-state index in [9.17, 15) is 24.0 Å². The molecule has 1 fully saturated rings. The molecule has 0 spiro atoms. The van der Waals surface area contributed by atoms with E-state index in [1.54, 1.807) is 0 Å². The zero-order valence-corrected chi connectivity index (χ0v) is 21.9. The zero-order valence-electron chi connectivity index (χ0n) is 21.9. The van der Waals surface area contributed by atoms with Gasteiger partial charge in [0.15, 0.2) is 0 Å². The number of benzene rings is 1. The van der Waals surface area contributed by atoms with Crippen molar-refractivity contribution in [3.8, 4) is 0 Å². The summed E-state index contributed by atoms with van der Waals surface area (Å²) in [5.74, 6) is -2.89. The Labute approximate surface area is 225 Å². The number of carbonyl (C=O) groups is 5. The number of esters is 1. The molecule has 1 aromatic carbocycles. The summed E-state index contributed by atoms with van der Waals surface area (Å²) < 4.78 is 4.85. The predicted octanol–water partition coefficient (Wildman–Crippen LogP) is -0.225. The van der Waals surface area contributed by atoms with Gasteiger partial charge < -0.3 is 25.6 Å². The van der Waals surface area contributed by atoms with E-state index >= 15 is 0 Å². The summed E-state index contributed by atoms with van der Waals surface area (Å²) in [6.45, 7) is 1.84. The lowest BCUT2D eigenvalue weighted by atomic mass is 9.91. The van der Waals surface area contributed by atoms with Crippen molar-refractivity contribution in [2.24, 2.45) is 5.92 Å². The fourth-order valence-electron chi connectivity index (χ4n) is 4.96. The van der Waals surface area contributed by atoms with Crippen LogP contribution in [-0.4, -0.2) is 82.8 Å². The van der Waals surface area contributed by atoms with Gasteiger partial charge in [0.25, 0.3) is 5.91 Å². The van der Waals surface area contributed by atoms with E-state index in [2.05, 4.69) is 25.9 Å². The molecule has 12 heteroatoms. The molecule has 0 aliphatic carbocycles. The summed E-state index contributed by atoms with van der Waals surface area (Å²) in [4.78, 5) is 74.2. The standard InChI is InChI=1S/C27H32N6O6/c1-16-12-17-5-7-18(8-6-17)13-19(27(38)39-2)31-22(34)15-30-25(36)21-4-3-11-33(21)26(37)23(16)32-24(35)20-14-28-9-10-29-20/h5-10,14,16,19,21,23H,3-4,11-13,15H2,1-2H3,(H,30,36)(H,31,34)(H,32,35)/t16-,19?,21-,23-/m0/s1. The summed E-state index contributed by atoms with van der Waals surface area (Å²) in [7, 11) is 1.24. The molecule has 4 atom stereocenters. The number of rotatable bonds is 3. The van der Waals surface area contributed by atoms with Crippen LogP contribution in [0.2, 0.25) is 0 Å². The highest BCUT2D eigenvalue weighted by Crippen LogP contribution is 2.23. The number of fused-ring (bicyclic) bond motifs is 11. The quantitative estimate of drug-likeness (QED) is 0.454. The van der Waals surface area contributed by atoms with Crippen molar-refractivity contribution >= 4 is 29.6 Å². The van der Waals surface area contributed by atoms with E-state index in [1.165, 1.54) is 30.6 Å². The number of aromatic nitrogens is 2. The van der Waals surface area contributed by atoms with Crippen LogP contribution < -0.4 is 16.0 Å². The molecule has 1 saturated heterocycles. The van der Waals surface area contributed by atoms with Gasteiger partial charge in [-0.1, -0.05) is 31.2 Å². The summed E-state index contributed by atoms with van der Waals surface area (Å²) in [6.07, 6.45) is 5.84. The molecule has 3 aliphatic heterocycles. The third kappa shape index (κ3) is 6.75. The molecule has 3 N–H and O–H groups in total. The molecule has 4 amide bonds. The number of amides is 4. The highest BCUT2D eigenvalue weighted by molar-refractivity contribution is 5.98. The first-order valence-electron chi connectivity index (χ1n) is 12.9. The fourth-order valence-corrected chi connectivity index (χ4v) is 4.96. The molecule has 12 nitrogen and oxygen atoms in total. The second-order valence-electron chi connectivity index (χ2n) is 9.79. The Hall–Kier alpha value is -4.35. The van der Waals surface area contributed by atoms with Gasteiger partial charge in [-0.25, -0.2) is 9.78 Å². The summed E-state index contributed by atoms with van der Waals surface area (Å²) in [5.41, 5.74) is 1.78. The van der Waals surface area contributed by atoms with Gasteiger partial charge in [0, 0.05) is 25.4 Å². The molecular formula is C27H32N6O6. The highest BCUT2D eigenvalue weighted by atomic mass is 16.5. The van der Waals surface area contributed by atoms with Crippen LogP contribution in [0.1, 0.15) is 41.4 Å². The van der Waals surface area contributed by atoms with E-state index in [-0.39, 0.29) is 30.5 Å². The average Bonchev–Trinajstić information content (AvgIpc) is 3.44. The van der Waals surface area contributed by atoms with Gasteiger partial charge in [-0.05, 0) is 36.3 Å². The minimum absolute atomic E-state index is 0.0760. The maximum Gasteiger partial charge on any atom is 0.328 e. The van der Waals surface area contributed by atoms with Gasteiger partial charge in [0.05, 0.1) is 19.9 Å². The number of carbonyl (C=O) groups excluding carboxylic acids is 5. The maximum atomic E-state index is 13.8. The van der Waals surface area contributed by atoms with E-state index < -0.39 is 41.8 Å². The molecule has 2 aromatic rings. The van der Waals surface area contributed by atoms with Crippen LogP contribution in [0.3, 0.4) is 0 Å². The number of nitrogens with one attached hydrogen (secondary N) is 3. The lowest BCUT2D eigenvalue weighted by Crippen LogP contribution is -2.56. The summed E-state index contributed by atoms with van der Waals surface area (Å²) >= 11 is 0. The molecular weight excluding hydrogens is 504 g/mol. The van der Waals surface area contributed by atoms with Gasteiger partial charge in [-0.15, -0.1) is 0 Å². The molecule has 0 saturated carbocycles. The number of methoxy groups -OCH3 is 1. The van der Waals surface area contributed by atoms with Crippen LogP contribution in [0.4, 0.5) is 0 Å². The lowest BCUT2D eigenvalue weighted by molar-refractivity contribution is -0.145. The molecule has 206 valence electrons. The van der Waals surface area contributed by atoms with Crippen molar-refractivity contribution in [1.82, 2.24) is 30.8 Å². The van der Waals surface area contributed by atoms with Crippen molar-refractivity contribution in [2.45, 2.75) is 50.7 Å². The van der Waals surface area contributed by atoms with E-state index in [1.807, 2.05) is 31.2 Å². The van der Waals surface area contributed by atoms with Crippen LogP contribution in [0.5, 0.6) is 0 Å². The maximum absolute atomic E-state index is 13.8. The Kier molecular flexibility index (Phi) is 8.84. The summed E-state index contributed by atoms with van der Waals surface area (Å²) in [6, 6.07) is 4.80. The average molecular weight is 537 g/mol. The molecule has 5 rings (SSSR count). The zero-order chi connectivity index (χ0) is 27.9. The van der Waals surface area contributed by atoms with Crippen LogP contribution in [-0.2, 0) is 36.8 Å². The SMILES string of the molecule is COC(=O)C1Cc2ccc(cc2)C[C@H](C)[C@H](NC(=O)c2cnccn2)C(=O)N2CCC[C@H]2C(=O)NCC(=O)N1. The number of hydrogen-bond acceptors (Lipinski definition) is 8. The van der Waals surface area contributed by atoms with E-state index in [4.69, 9.17) is 4.74 Å². The van der Waals surface area contributed by atoms with Gasteiger partial charge in [-0.3, -0.25) is 24.2 Å². The topological polar surface area (TPSA) is 160 Å². The van der Waals surface area contributed by atoms with Crippen molar-refractivity contribution in [2.75, 3.05) is 20.2 Å². The molecule has 0 radical (unpaired) electrons. The fraction of sp³-hybridized carbons (Fsp3) is 0.444. The third-order valence-electron chi connectivity index (χ3n) is 7.02. The van der Waals surface area contributed by atoms with Crippen LogP contribution in [0, 0.1) is 5.92 Å². The van der Waals surface area contributed by atoms with Crippen LogP contribution >= 0.6 is 0 Å². The Bertz CT molecular complexity index is 1220. The molecule has 3 aliphatic rings. The van der Waals surface area contributed by atoms with Crippen molar-refractivity contribution in [3.05, 3.63) is 59.7 Å². The Morgan fingerprint density at radius 3 is 2.46 bits per heavy atom. The van der Waals surface area contributed by atoms with Crippen LogP contribution in [0.15, 0.2) is 42.9 Å². The van der Waals surface area contributed by atoms with E-state index in [0.717, 1.165) is 11.1 Å². The predicted molar refractivity (Wildman–Crippen MR) is 138 cm³/mol. The number of nitrogens with zero attached hydrogens (tertiary/aromatic N) is 3. The molecule has 1 unspecified atom stereocenters. The van der Waals surface area contributed by atoms with Crippen LogP contribution in [0.25, 0.3) is 0 Å². The first-order valence-corrected chi connectivity index (χ1v) is 12.9. The monoisotopic (exact) mass is 536 g/mol. The molecule has 2 bridgehead atoms. The van der Waals surface area contributed by atoms with Gasteiger partial charge in [-0.2, -0.15) is 0 Å². The largest absolute Gasteiger partial charge is 0.467 e. The smallest absolute Gasteiger partial charge is 0.328 e. The Morgan fingerprint density at radius 2 is 1.79 bits per heavy atom. The second kappa shape index (κ2) is 12.5. The Morgan fingerprint density at radius 1 is 1.08 bits per heavy atom. The first-order chi connectivity index (χ1) is 18.8. The minimum Gasteiger partial charge on any atom is -0.467 e. The third-order valence-corrected chi connectivity index (χ3v) is 7.02. The van der Waals surface area contributed by atoms with Gasteiger partial charge in [0.2, 0.25) is 17.7 Å². The lowest BCUT2D eigenvalue weighted by Gasteiger charge is -2.31. The van der Waals surface area contributed by atoms with Gasteiger partial charge in [0.1, 0.15) is 23.8 Å². The van der Waals surface area contributed by atoms with Crippen molar-refractivity contribution in [3.63, 3.8) is 0 Å². The summed E-state index contributed by atoms with van der Waals surface area (Å²) in [5, 5.41) is 8.02. The molecule has 1 aromatic heterocycles. The molecule has 4 heterocycles. The van der Waals surface area contributed by atoms with E-state index in [0.29, 0.717) is 25.8 Å². The Balaban J connectivity index is 1.65. The van der Waals surface area contributed by atoms with Crippen molar-refractivity contribution < 1.29 is 28.7 Å². The number of ether oxygens (including phenoxy) is 1. The normalized spacial score (nSPS) is 24.3. The highest BCUT2D eigenvalue weighted by Gasteiger charge is 2.40. The van der Waals surface area contributed by atoms with Gasteiger partial charge >= 0.3 is 5.97 Å². The number of hydrogen-bond donors (Lipinski definition) is 3. The second-order valence-corrected chi connectivity index (χ2v) is 9.79. The van der Waals surface area contributed by atoms with Crippen molar-refractivity contribution in [1.29, 1.82) is 0 Å². The molecule has 39 heavy (non-hydrogen) atoms. The minimum atomic E-state index is -0.935.